The zero-order valence-electron chi connectivity index (χ0n) is 14.8. The first-order chi connectivity index (χ1) is 10.1. The lowest BCUT2D eigenvalue weighted by atomic mass is 9.61. The fraction of sp³-hybridized carbons (Fsp3) is 0.850. The Balaban J connectivity index is 1.64. The van der Waals surface area contributed by atoms with Crippen LogP contribution in [-0.4, -0.2) is 11.6 Å². The van der Waals surface area contributed by atoms with Crippen molar-refractivity contribution in [1.82, 2.24) is 0 Å². The lowest BCUT2D eigenvalue weighted by Gasteiger charge is -2.44. The van der Waals surface area contributed by atoms with Crippen molar-refractivity contribution in [3.63, 3.8) is 0 Å². The predicted molar refractivity (Wildman–Crippen MR) is 87.0 cm³/mol. The molecule has 8 unspecified atom stereocenters. The van der Waals surface area contributed by atoms with E-state index in [0.717, 1.165) is 23.7 Å². The third-order valence-electron chi connectivity index (χ3n) is 7.32. The van der Waals surface area contributed by atoms with E-state index < -0.39 is 0 Å². The molecule has 3 saturated carbocycles. The quantitative estimate of drug-likeness (QED) is 0.406. The maximum atomic E-state index is 12.8. The van der Waals surface area contributed by atoms with Gasteiger partial charge in [-0.25, -0.2) is 0 Å². The molecule has 0 aliphatic heterocycles. The summed E-state index contributed by atoms with van der Waals surface area (Å²) in [5, 5.41) is 0. The van der Waals surface area contributed by atoms with Crippen LogP contribution in [0.3, 0.4) is 0 Å². The molecule has 4 aliphatic carbocycles. The molecule has 122 valence electrons. The number of fused-ring (bicyclic) bond motifs is 9. The number of hydrogen-bond donors (Lipinski definition) is 0. The topological polar surface area (TPSA) is 26.3 Å². The van der Waals surface area contributed by atoms with Gasteiger partial charge in [-0.2, -0.15) is 0 Å². The lowest BCUT2D eigenvalue weighted by Crippen LogP contribution is -2.44. The van der Waals surface area contributed by atoms with Crippen LogP contribution in [-0.2, 0) is 9.53 Å². The van der Waals surface area contributed by atoms with Gasteiger partial charge in [0, 0.05) is 0 Å². The molecule has 0 heterocycles. The standard InChI is InChI=1S/C20H30O2/c1-10-8-20(6)9-14(10)16-12-7-13(17(16)20)15(11(12)2)18(21)22-19(3,4)5/h8,11-17H,7,9H2,1-6H3. The molecule has 3 fully saturated rings. The predicted octanol–water partition coefficient (Wildman–Crippen LogP) is 4.45. The van der Waals surface area contributed by atoms with E-state index in [-0.39, 0.29) is 17.5 Å². The molecule has 0 aromatic rings. The number of ether oxygens (including phenoxy) is 1. The van der Waals surface area contributed by atoms with Crippen LogP contribution in [0.4, 0.5) is 0 Å². The van der Waals surface area contributed by atoms with Crippen molar-refractivity contribution in [3.8, 4) is 0 Å². The average molecular weight is 302 g/mol. The zero-order chi connectivity index (χ0) is 16.0. The van der Waals surface area contributed by atoms with Gasteiger partial charge in [-0.15, -0.1) is 0 Å². The Hall–Kier alpha value is -0.790. The molecule has 4 bridgehead atoms. The minimum Gasteiger partial charge on any atom is -0.460 e. The summed E-state index contributed by atoms with van der Waals surface area (Å²) in [6.45, 7) is 13.0. The second-order valence-corrected chi connectivity index (χ2v) is 9.79. The molecular weight excluding hydrogens is 272 g/mol. The van der Waals surface area contributed by atoms with Crippen LogP contribution >= 0.6 is 0 Å². The second-order valence-electron chi connectivity index (χ2n) is 9.79. The van der Waals surface area contributed by atoms with E-state index >= 15 is 0 Å². The summed E-state index contributed by atoms with van der Waals surface area (Å²) < 4.78 is 5.77. The fourth-order valence-electron chi connectivity index (χ4n) is 6.99. The van der Waals surface area contributed by atoms with Gasteiger partial charge in [0.15, 0.2) is 0 Å². The number of carbonyl (C=O) groups is 1. The number of carbonyl (C=O) groups excluding carboxylic acids is 1. The van der Waals surface area contributed by atoms with E-state index in [9.17, 15) is 4.79 Å². The summed E-state index contributed by atoms with van der Waals surface area (Å²) in [5.41, 5.74) is 1.60. The molecule has 0 aromatic heterocycles. The first-order valence-electron chi connectivity index (χ1n) is 9.04. The monoisotopic (exact) mass is 302 g/mol. The Morgan fingerprint density at radius 3 is 2.64 bits per heavy atom. The van der Waals surface area contributed by atoms with E-state index in [4.69, 9.17) is 4.74 Å². The molecule has 0 aromatic carbocycles. The van der Waals surface area contributed by atoms with E-state index in [1.807, 2.05) is 20.8 Å². The number of esters is 1. The minimum absolute atomic E-state index is 0.0676. The van der Waals surface area contributed by atoms with Crippen LogP contribution in [0, 0.1) is 46.8 Å². The van der Waals surface area contributed by atoms with Gasteiger partial charge in [-0.05, 0) is 81.5 Å². The Labute approximate surface area is 134 Å². The van der Waals surface area contributed by atoms with Crippen LogP contribution in [0.5, 0.6) is 0 Å². The van der Waals surface area contributed by atoms with Gasteiger partial charge in [-0.3, -0.25) is 4.79 Å². The SMILES string of the molecule is CC1=CC2(C)CC1C1C3CC(C(C(=O)OC(C)(C)C)C3C)C12. The van der Waals surface area contributed by atoms with E-state index in [0.29, 0.717) is 17.3 Å². The van der Waals surface area contributed by atoms with Crippen molar-refractivity contribution in [1.29, 1.82) is 0 Å². The Morgan fingerprint density at radius 2 is 2.00 bits per heavy atom. The highest BCUT2D eigenvalue weighted by atomic mass is 16.6. The van der Waals surface area contributed by atoms with Gasteiger partial charge >= 0.3 is 5.97 Å². The molecule has 0 saturated heterocycles. The Bertz CT molecular complexity index is 555. The molecule has 0 amide bonds. The minimum atomic E-state index is -0.368. The smallest absolute Gasteiger partial charge is 0.310 e. The summed E-state index contributed by atoms with van der Waals surface area (Å²) in [5.74, 6) is 4.35. The molecule has 4 aliphatic rings. The highest BCUT2D eigenvalue weighted by molar-refractivity contribution is 5.74. The molecule has 2 nitrogen and oxygen atoms in total. The molecule has 8 atom stereocenters. The summed E-state index contributed by atoms with van der Waals surface area (Å²) >= 11 is 0. The molecule has 0 N–H and O–H groups in total. The van der Waals surface area contributed by atoms with Crippen molar-refractivity contribution in [2.45, 2.75) is 60.0 Å². The number of allylic oxidation sites excluding steroid dienone is 2. The van der Waals surface area contributed by atoms with Crippen LogP contribution in [0.15, 0.2) is 11.6 Å². The van der Waals surface area contributed by atoms with Crippen molar-refractivity contribution < 1.29 is 9.53 Å². The van der Waals surface area contributed by atoms with Gasteiger partial charge in [-0.1, -0.05) is 25.5 Å². The van der Waals surface area contributed by atoms with E-state index in [1.54, 1.807) is 5.57 Å². The summed E-state index contributed by atoms with van der Waals surface area (Å²) in [6.07, 6.45) is 5.12. The molecule has 2 heteroatoms. The van der Waals surface area contributed by atoms with Crippen LogP contribution in [0.1, 0.15) is 54.4 Å². The van der Waals surface area contributed by atoms with Gasteiger partial charge < -0.3 is 4.74 Å². The average Bonchev–Trinajstić information content (AvgIpc) is 3.01. The molecular formula is C20H30O2. The Morgan fingerprint density at radius 1 is 1.32 bits per heavy atom. The third kappa shape index (κ3) is 1.76. The normalized spacial score (nSPS) is 51.9. The van der Waals surface area contributed by atoms with Crippen molar-refractivity contribution >= 4 is 5.97 Å². The lowest BCUT2D eigenvalue weighted by molar-refractivity contribution is -0.166. The third-order valence-corrected chi connectivity index (χ3v) is 7.32. The van der Waals surface area contributed by atoms with Gasteiger partial charge in [0.1, 0.15) is 5.60 Å². The largest absolute Gasteiger partial charge is 0.460 e. The first kappa shape index (κ1) is 14.8. The van der Waals surface area contributed by atoms with Gasteiger partial charge in [0.2, 0.25) is 0 Å². The molecule has 0 spiro atoms. The van der Waals surface area contributed by atoms with Gasteiger partial charge in [0.05, 0.1) is 5.92 Å². The highest BCUT2D eigenvalue weighted by Gasteiger charge is 2.69. The Kier molecular flexibility index (Phi) is 2.81. The van der Waals surface area contributed by atoms with Crippen molar-refractivity contribution in [2.75, 3.05) is 0 Å². The van der Waals surface area contributed by atoms with Crippen LogP contribution in [0.2, 0.25) is 0 Å². The van der Waals surface area contributed by atoms with Gasteiger partial charge in [0.25, 0.3) is 0 Å². The fourth-order valence-corrected chi connectivity index (χ4v) is 6.99. The molecule has 22 heavy (non-hydrogen) atoms. The van der Waals surface area contributed by atoms with Crippen molar-refractivity contribution in [2.24, 2.45) is 46.8 Å². The number of rotatable bonds is 1. The highest BCUT2D eigenvalue weighted by Crippen LogP contribution is 2.73. The van der Waals surface area contributed by atoms with Crippen LogP contribution in [0.25, 0.3) is 0 Å². The van der Waals surface area contributed by atoms with E-state index in [1.165, 1.54) is 12.8 Å². The maximum absolute atomic E-state index is 12.8. The van der Waals surface area contributed by atoms with E-state index in [2.05, 4.69) is 26.8 Å². The zero-order valence-corrected chi connectivity index (χ0v) is 14.8. The molecule has 0 radical (unpaired) electrons. The summed E-state index contributed by atoms with van der Waals surface area (Å²) in [4.78, 5) is 12.8. The first-order valence-corrected chi connectivity index (χ1v) is 9.04. The van der Waals surface area contributed by atoms with Crippen molar-refractivity contribution in [3.05, 3.63) is 11.6 Å². The summed E-state index contributed by atoms with van der Waals surface area (Å²) in [6, 6.07) is 0. The van der Waals surface area contributed by atoms with Crippen LogP contribution < -0.4 is 0 Å². The molecule has 4 rings (SSSR count). The summed E-state index contributed by atoms with van der Waals surface area (Å²) in [7, 11) is 0. The number of hydrogen-bond acceptors (Lipinski definition) is 2. The second kappa shape index (κ2) is 4.19. The maximum Gasteiger partial charge on any atom is 0.310 e.